The van der Waals surface area contributed by atoms with Crippen molar-refractivity contribution in [1.29, 1.82) is 0 Å². The van der Waals surface area contributed by atoms with Gasteiger partial charge in [-0.3, -0.25) is 4.79 Å². The largest absolute Gasteiger partial charge is 0.352 e. The van der Waals surface area contributed by atoms with Gasteiger partial charge < -0.3 is 5.32 Å². The van der Waals surface area contributed by atoms with Crippen molar-refractivity contribution in [2.24, 2.45) is 5.11 Å². The molecule has 1 aromatic rings. The van der Waals surface area contributed by atoms with Gasteiger partial charge in [0.05, 0.1) is 5.56 Å². The second kappa shape index (κ2) is 6.93. The van der Waals surface area contributed by atoms with Crippen molar-refractivity contribution in [3.63, 3.8) is 0 Å². The Kier molecular flexibility index (Phi) is 5.52. The fraction of sp³-hybridized carbons (Fsp3) is 0.364. The number of hydrogen-bond acceptors (Lipinski definition) is 2. The van der Waals surface area contributed by atoms with Crippen molar-refractivity contribution in [2.75, 3.05) is 13.1 Å². The normalized spacial score (nSPS) is 9.53. The number of azide groups is 1. The van der Waals surface area contributed by atoms with Gasteiger partial charge in [0.2, 0.25) is 0 Å². The highest BCUT2D eigenvalue weighted by molar-refractivity contribution is 9.10. The molecule has 1 rings (SSSR count). The number of nitrogens with one attached hydrogen (secondary N) is 1. The number of benzene rings is 1. The van der Waals surface area contributed by atoms with Crippen LogP contribution in [0.25, 0.3) is 10.4 Å². The first-order valence-corrected chi connectivity index (χ1v) is 5.99. The maximum atomic E-state index is 11.8. The molecule has 0 aliphatic carbocycles. The van der Waals surface area contributed by atoms with Crippen molar-refractivity contribution in [3.05, 3.63) is 44.2 Å². The van der Waals surface area contributed by atoms with Gasteiger partial charge in [0.1, 0.15) is 0 Å². The molecule has 0 heterocycles. The highest BCUT2D eigenvalue weighted by atomic mass is 79.9. The van der Waals surface area contributed by atoms with Crippen LogP contribution in [0.15, 0.2) is 27.8 Å². The van der Waals surface area contributed by atoms with Gasteiger partial charge in [-0.2, -0.15) is 0 Å². The van der Waals surface area contributed by atoms with E-state index >= 15 is 0 Å². The van der Waals surface area contributed by atoms with Crippen LogP contribution in [0, 0.1) is 6.92 Å². The first-order valence-electron chi connectivity index (χ1n) is 5.20. The van der Waals surface area contributed by atoms with Gasteiger partial charge in [0, 0.05) is 22.5 Å². The summed E-state index contributed by atoms with van der Waals surface area (Å²) < 4.78 is 0.774. The maximum Gasteiger partial charge on any atom is 0.252 e. The molecule has 1 N–H and O–H groups in total. The minimum Gasteiger partial charge on any atom is -0.352 e. The van der Waals surface area contributed by atoms with Crippen LogP contribution in [-0.4, -0.2) is 19.0 Å². The van der Waals surface area contributed by atoms with Gasteiger partial charge in [0.15, 0.2) is 0 Å². The summed E-state index contributed by atoms with van der Waals surface area (Å²) in [6.45, 7) is 2.83. The third kappa shape index (κ3) is 4.46. The molecule has 0 aliphatic heterocycles. The molecule has 0 saturated heterocycles. The molecule has 0 saturated carbocycles. The molecule has 90 valence electrons. The topological polar surface area (TPSA) is 77.9 Å². The molecule has 17 heavy (non-hydrogen) atoms. The van der Waals surface area contributed by atoms with Gasteiger partial charge in [-0.15, -0.1) is 0 Å². The summed E-state index contributed by atoms with van der Waals surface area (Å²) in [4.78, 5) is 14.4. The Morgan fingerprint density at radius 1 is 1.59 bits per heavy atom. The monoisotopic (exact) mass is 296 g/mol. The second-order valence-corrected chi connectivity index (χ2v) is 4.40. The number of carbonyl (C=O) groups excluding carboxylic acids is 1. The van der Waals surface area contributed by atoms with Crippen LogP contribution in [0.5, 0.6) is 0 Å². The summed E-state index contributed by atoms with van der Waals surface area (Å²) >= 11 is 3.34. The summed E-state index contributed by atoms with van der Waals surface area (Å²) in [6, 6.07) is 5.61. The molecule has 0 aliphatic rings. The molecule has 5 nitrogen and oxygen atoms in total. The van der Waals surface area contributed by atoms with Crippen molar-refractivity contribution in [1.82, 2.24) is 5.32 Å². The summed E-state index contributed by atoms with van der Waals surface area (Å²) in [5.41, 5.74) is 9.74. The molecular formula is C11H13BrN4O. The molecular weight excluding hydrogens is 284 g/mol. The van der Waals surface area contributed by atoms with Crippen LogP contribution >= 0.6 is 15.9 Å². The van der Waals surface area contributed by atoms with Crippen LogP contribution in [0.1, 0.15) is 22.3 Å². The quantitative estimate of drug-likeness (QED) is 0.385. The van der Waals surface area contributed by atoms with Crippen LogP contribution in [0.4, 0.5) is 0 Å². The second-order valence-electron chi connectivity index (χ2n) is 3.55. The average Bonchev–Trinajstić information content (AvgIpc) is 2.32. The smallest absolute Gasteiger partial charge is 0.252 e. The summed E-state index contributed by atoms with van der Waals surface area (Å²) in [5, 5.41) is 6.17. The van der Waals surface area contributed by atoms with Crippen molar-refractivity contribution in [2.45, 2.75) is 13.3 Å². The van der Waals surface area contributed by atoms with Crippen LogP contribution in [0.3, 0.4) is 0 Å². The molecule has 1 aromatic carbocycles. The molecule has 0 unspecified atom stereocenters. The fourth-order valence-electron chi connectivity index (χ4n) is 1.30. The first kappa shape index (κ1) is 13.5. The van der Waals surface area contributed by atoms with E-state index in [2.05, 4.69) is 31.3 Å². The highest BCUT2D eigenvalue weighted by Crippen LogP contribution is 2.17. The lowest BCUT2D eigenvalue weighted by Crippen LogP contribution is -2.25. The van der Waals surface area contributed by atoms with E-state index in [-0.39, 0.29) is 5.91 Å². The molecule has 0 bridgehead atoms. The Hall–Kier alpha value is -1.52. The zero-order valence-electron chi connectivity index (χ0n) is 9.48. The first-order chi connectivity index (χ1) is 8.15. The zero-order chi connectivity index (χ0) is 12.7. The van der Waals surface area contributed by atoms with Crippen LogP contribution < -0.4 is 5.32 Å². The number of aryl methyl sites for hydroxylation is 1. The van der Waals surface area contributed by atoms with Crippen molar-refractivity contribution >= 4 is 21.8 Å². The number of hydrogen-bond donors (Lipinski definition) is 1. The third-order valence-corrected chi connectivity index (χ3v) is 2.84. The maximum absolute atomic E-state index is 11.8. The van der Waals surface area contributed by atoms with E-state index in [4.69, 9.17) is 5.53 Å². The van der Waals surface area contributed by atoms with E-state index in [1.807, 2.05) is 25.1 Å². The van der Waals surface area contributed by atoms with Gasteiger partial charge in [-0.1, -0.05) is 16.7 Å². The Labute approximate surface area is 108 Å². The van der Waals surface area contributed by atoms with Gasteiger partial charge in [0.25, 0.3) is 5.91 Å². The van der Waals surface area contributed by atoms with Gasteiger partial charge in [-0.05, 0) is 46.9 Å². The van der Waals surface area contributed by atoms with Gasteiger partial charge in [-0.25, -0.2) is 0 Å². The zero-order valence-corrected chi connectivity index (χ0v) is 11.1. The lowest BCUT2D eigenvalue weighted by molar-refractivity contribution is 0.0952. The third-order valence-electron chi connectivity index (χ3n) is 2.15. The van der Waals surface area contributed by atoms with Gasteiger partial charge >= 0.3 is 0 Å². The molecule has 0 radical (unpaired) electrons. The molecule has 0 atom stereocenters. The van der Waals surface area contributed by atoms with Crippen molar-refractivity contribution < 1.29 is 4.79 Å². The molecule has 1 amide bonds. The highest BCUT2D eigenvalue weighted by Gasteiger charge is 2.08. The average molecular weight is 297 g/mol. The number of carbonyl (C=O) groups is 1. The van der Waals surface area contributed by atoms with E-state index in [1.54, 1.807) is 0 Å². The standard InChI is InChI=1S/C11H13BrN4O/c1-8-3-4-10(12)9(7-8)11(17)14-5-2-6-15-16-13/h3-4,7H,2,5-6H2,1H3,(H,14,17). The molecule has 0 spiro atoms. The Morgan fingerprint density at radius 2 is 2.35 bits per heavy atom. The van der Waals surface area contributed by atoms with Crippen molar-refractivity contribution in [3.8, 4) is 0 Å². The SMILES string of the molecule is Cc1ccc(Br)c(C(=O)NCCCN=[N+]=[N-])c1. The predicted octanol–water partition coefficient (Wildman–Crippen LogP) is 3.19. The van der Waals surface area contributed by atoms with E-state index in [1.165, 1.54) is 0 Å². The number of rotatable bonds is 5. The predicted molar refractivity (Wildman–Crippen MR) is 69.8 cm³/mol. The molecule has 0 fully saturated rings. The minimum atomic E-state index is -0.124. The number of amides is 1. The Bertz CT molecular complexity index is 455. The van der Waals surface area contributed by atoms with E-state index < -0.39 is 0 Å². The lowest BCUT2D eigenvalue weighted by Gasteiger charge is -2.06. The van der Waals surface area contributed by atoms with E-state index in [0.717, 1.165) is 10.0 Å². The fourth-order valence-corrected chi connectivity index (χ4v) is 1.73. The summed E-state index contributed by atoms with van der Waals surface area (Å²) in [7, 11) is 0. The molecule has 0 aromatic heterocycles. The number of halogens is 1. The van der Waals surface area contributed by atoms with Crippen LogP contribution in [-0.2, 0) is 0 Å². The molecule has 6 heteroatoms. The Morgan fingerprint density at radius 3 is 3.06 bits per heavy atom. The summed E-state index contributed by atoms with van der Waals surface area (Å²) in [6.07, 6.45) is 0.638. The number of nitrogens with zero attached hydrogens (tertiary/aromatic N) is 3. The lowest BCUT2D eigenvalue weighted by atomic mass is 10.1. The van der Waals surface area contributed by atoms with E-state index in [9.17, 15) is 4.79 Å². The minimum absolute atomic E-state index is 0.124. The van der Waals surface area contributed by atoms with Crippen LogP contribution in [0.2, 0.25) is 0 Å². The summed E-state index contributed by atoms with van der Waals surface area (Å²) in [5.74, 6) is -0.124. The Balaban J connectivity index is 2.52. The van der Waals surface area contributed by atoms with E-state index in [0.29, 0.717) is 25.1 Å².